The zero-order chi connectivity index (χ0) is 39.0. The number of ether oxygens (including phenoxy) is 1. The van der Waals surface area contributed by atoms with Gasteiger partial charge in [0.05, 0.1) is 18.0 Å². The van der Waals surface area contributed by atoms with Crippen molar-refractivity contribution in [3.8, 4) is 0 Å². The molecular weight excluding hydrogens is 768 g/mol. The number of aryl methyl sites for hydroxylation is 3. The Labute approximate surface area is 340 Å². The number of carbonyl (C=O) groups excluding carboxylic acids is 1. The number of hydrogen-bond donors (Lipinski definition) is 6. The normalized spacial score (nSPS) is 23.6. The molecule has 3 aromatic rings. The van der Waals surface area contributed by atoms with Crippen LogP contribution < -0.4 is 0 Å². The van der Waals surface area contributed by atoms with Gasteiger partial charge in [-0.05, 0) is 105 Å². The molecule has 3 aromatic heterocycles. The Kier molecular flexibility index (Phi) is 14.0. The third-order valence-corrected chi connectivity index (χ3v) is 12.8. The average molecular weight is 823 g/mol. The van der Waals surface area contributed by atoms with Gasteiger partial charge in [0.2, 0.25) is 5.91 Å². The average Bonchev–Trinajstić information content (AvgIpc) is 3.86. The van der Waals surface area contributed by atoms with Crippen molar-refractivity contribution in [3.05, 3.63) is 75.4 Å². The van der Waals surface area contributed by atoms with Crippen molar-refractivity contribution >= 4 is 57.5 Å². The predicted molar refractivity (Wildman–Crippen MR) is 217 cm³/mol. The summed E-state index contributed by atoms with van der Waals surface area (Å²) < 4.78 is 5.60. The number of thioether (sulfide) groups is 1. The van der Waals surface area contributed by atoms with Gasteiger partial charge < -0.3 is 40.0 Å². The third-order valence-electron chi connectivity index (χ3n) is 11.5. The predicted octanol–water partition coefficient (Wildman–Crippen LogP) is 6.05. The molecule has 6 rings (SSSR count). The van der Waals surface area contributed by atoms with Crippen molar-refractivity contribution in [2.75, 3.05) is 26.0 Å². The standard InChI is InChI=1S/C42H55N5O6S.Zn/c1-9-26-23(5)32-19-35-27(10-2)22(4)31(44-35)18-33-24(6)28(38(46-33)25(7)30-16-21(3)29(43-30)17-34(26)45-32)12-13-37(49)47(8)14-11-15-54-42-41(52)40(51)39(50)36(20-48)53-42;/h10,16-19,24,28,36,39-42,44-45,48,50-52H,2,9,11-15,20H2,1,3-8H3;/t24-,28-,36+,39+,40-,41+,42-;/m0./s1. The molecule has 3 aliphatic rings. The Bertz CT molecular complexity index is 2110. The number of nitrogens with zero attached hydrogens (tertiary/aromatic N) is 3. The topological polar surface area (TPSA) is 168 Å². The summed E-state index contributed by atoms with van der Waals surface area (Å²) in [5, 5.41) is 40.0. The molecule has 55 heavy (non-hydrogen) atoms. The van der Waals surface area contributed by atoms with E-state index < -0.39 is 36.5 Å². The van der Waals surface area contributed by atoms with Crippen LogP contribution in [0.25, 0.3) is 39.8 Å². The monoisotopic (exact) mass is 821 g/mol. The van der Waals surface area contributed by atoms with E-state index in [0.717, 1.165) is 73.5 Å². The molecule has 0 aromatic carbocycles. The fourth-order valence-electron chi connectivity index (χ4n) is 7.98. The number of aromatic nitrogens is 4. The summed E-state index contributed by atoms with van der Waals surface area (Å²) in [6.45, 7) is 17.0. The molecule has 8 bridgehead atoms. The van der Waals surface area contributed by atoms with Crippen LogP contribution in [0.3, 0.4) is 0 Å². The maximum atomic E-state index is 13.5. The minimum absolute atomic E-state index is 0. The van der Waals surface area contributed by atoms with Gasteiger partial charge in [-0.2, -0.15) is 0 Å². The quantitative estimate of drug-likeness (QED) is 0.0997. The van der Waals surface area contributed by atoms with Crippen LogP contribution >= 0.6 is 11.8 Å². The second-order valence-corrected chi connectivity index (χ2v) is 16.2. The molecule has 0 aliphatic carbocycles. The molecule has 13 heteroatoms. The number of fused-ring (bicyclic) bond motifs is 8. The Morgan fingerprint density at radius 3 is 2.38 bits per heavy atom. The van der Waals surface area contributed by atoms with Crippen molar-refractivity contribution in [2.24, 2.45) is 0 Å². The van der Waals surface area contributed by atoms with Crippen LogP contribution in [0.5, 0.6) is 0 Å². The molecule has 0 radical (unpaired) electrons. The molecule has 1 fully saturated rings. The fraction of sp³-hybridized carbons (Fsp3) is 0.500. The van der Waals surface area contributed by atoms with Crippen molar-refractivity contribution < 1.29 is 49.4 Å². The third kappa shape index (κ3) is 8.59. The molecule has 0 spiro atoms. The summed E-state index contributed by atoms with van der Waals surface area (Å²) >= 11 is 1.30. The molecule has 1 amide bonds. The van der Waals surface area contributed by atoms with E-state index in [0.29, 0.717) is 31.6 Å². The van der Waals surface area contributed by atoms with Gasteiger partial charge in [0, 0.05) is 90.3 Å². The summed E-state index contributed by atoms with van der Waals surface area (Å²) in [6, 6.07) is 6.47. The number of rotatable bonds is 11. The Hall–Kier alpha value is -3.16. The van der Waals surface area contributed by atoms with Crippen molar-refractivity contribution in [2.45, 2.75) is 109 Å². The molecule has 6 heterocycles. The first-order valence-electron chi connectivity index (χ1n) is 19.0. The van der Waals surface area contributed by atoms with E-state index in [9.17, 15) is 25.2 Å². The summed E-state index contributed by atoms with van der Waals surface area (Å²) in [7, 11) is 1.80. The molecule has 0 saturated carbocycles. The van der Waals surface area contributed by atoms with E-state index in [-0.39, 0.29) is 37.2 Å². The van der Waals surface area contributed by atoms with E-state index >= 15 is 0 Å². The number of carbonyl (C=O) groups is 1. The number of aliphatic hydroxyl groups is 4. The Balaban J connectivity index is 0.00000580. The van der Waals surface area contributed by atoms with Gasteiger partial charge in [-0.1, -0.05) is 26.5 Å². The first-order valence-corrected chi connectivity index (χ1v) is 20.0. The first-order chi connectivity index (χ1) is 25.8. The van der Waals surface area contributed by atoms with Gasteiger partial charge in [0.1, 0.15) is 29.9 Å². The van der Waals surface area contributed by atoms with E-state index in [4.69, 9.17) is 14.7 Å². The molecule has 1 saturated heterocycles. The van der Waals surface area contributed by atoms with Crippen LogP contribution in [0.4, 0.5) is 0 Å². The molecular formula is C42H55N5O6SZn. The molecule has 3 aliphatic heterocycles. The van der Waals surface area contributed by atoms with E-state index in [1.807, 2.05) is 6.08 Å². The molecule has 0 unspecified atom stereocenters. The molecule has 11 nitrogen and oxygen atoms in total. The number of hydrogen-bond acceptors (Lipinski definition) is 9. The van der Waals surface area contributed by atoms with Crippen molar-refractivity contribution in [3.63, 3.8) is 0 Å². The zero-order valence-corrected chi connectivity index (χ0v) is 36.9. The van der Waals surface area contributed by atoms with Crippen LogP contribution in [0.2, 0.25) is 0 Å². The SMILES string of the molecule is C=Cc1c(C)c2cc3nc(c(C)c4nc(cc5[nH]c(cc1[nH]2)c(C)c5CC)C(C)=C4)[C@@H](CCC(=O)N(C)CCCS[C@@H]1O[C@H](CO)[C@@H](O)[C@H](O)[C@H]1O)[C@@H]3C.[Zn]. The smallest absolute Gasteiger partial charge is 0.222 e. The number of amides is 1. The number of nitrogens with one attached hydrogen (secondary N) is 2. The summed E-state index contributed by atoms with van der Waals surface area (Å²) in [5.41, 5.74) is 13.8. The maximum Gasteiger partial charge on any atom is 0.222 e. The summed E-state index contributed by atoms with van der Waals surface area (Å²) in [6.07, 6.45) is 1.56. The maximum absolute atomic E-state index is 13.5. The van der Waals surface area contributed by atoms with Crippen LogP contribution in [-0.4, -0.2) is 107 Å². The van der Waals surface area contributed by atoms with Gasteiger partial charge in [-0.25, -0.2) is 4.98 Å². The first kappa shape index (κ1) is 43.0. The van der Waals surface area contributed by atoms with Gasteiger partial charge in [-0.3, -0.25) is 9.78 Å². The second-order valence-electron chi connectivity index (χ2n) is 15.0. The zero-order valence-electron chi connectivity index (χ0n) is 33.1. The Morgan fingerprint density at radius 2 is 1.69 bits per heavy atom. The van der Waals surface area contributed by atoms with Crippen LogP contribution in [0, 0.1) is 20.8 Å². The van der Waals surface area contributed by atoms with Crippen molar-refractivity contribution in [1.82, 2.24) is 24.8 Å². The van der Waals surface area contributed by atoms with Crippen LogP contribution in [0.1, 0.15) is 102 Å². The fourth-order valence-corrected chi connectivity index (χ4v) is 9.09. The molecule has 6 N–H and O–H groups in total. The van der Waals surface area contributed by atoms with E-state index in [1.54, 1.807) is 11.9 Å². The number of H-pyrrole nitrogens is 2. The summed E-state index contributed by atoms with van der Waals surface area (Å²) in [4.78, 5) is 33.0. The van der Waals surface area contributed by atoms with E-state index in [2.05, 4.69) is 82.4 Å². The summed E-state index contributed by atoms with van der Waals surface area (Å²) in [5.74, 6) is 0.661. The number of aromatic amines is 2. The van der Waals surface area contributed by atoms with Crippen LogP contribution in [0.15, 0.2) is 24.8 Å². The molecule has 292 valence electrons. The minimum atomic E-state index is -1.40. The second kappa shape index (κ2) is 18.0. The van der Waals surface area contributed by atoms with Gasteiger partial charge in [-0.15, -0.1) is 11.8 Å². The van der Waals surface area contributed by atoms with E-state index in [1.165, 1.54) is 22.9 Å². The van der Waals surface area contributed by atoms with Gasteiger partial charge in [0.25, 0.3) is 0 Å². The van der Waals surface area contributed by atoms with Crippen molar-refractivity contribution in [1.29, 1.82) is 0 Å². The largest absolute Gasteiger partial charge is 0.394 e. The minimum Gasteiger partial charge on any atom is -0.394 e. The Morgan fingerprint density at radius 1 is 0.982 bits per heavy atom. The van der Waals surface area contributed by atoms with Gasteiger partial charge in [0.15, 0.2) is 0 Å². The van der Waals surface area contributed by atoms with Crippen LogP contribution in [-0.2, 0) is 35.4 Å². The number of allylic oxidation sites excluding steroid dienone is 1. The van der Waals surface area contributed by atoms with Gasteiger partial charge >= 0.3 is 0 Å². The molecule has 7 atom stereocenters. The number of aliphatic hydroxyl groups excluding tert-OH is 4.